The lowest BCUT2D eigenvalue weighted by molar-refractivity contribution is -0.121. The summed E-state index contributed by atoms with van der Waals surface area (Å²) in [7, 11) is 0. The molecule has 0 radical (unpaired) electrons. The monoisotopic (exact) mass is 374 g/mol. The Morgan fingerprint density at radius 2 is 1.85 bits per heavy atom. The molecule has 2 N–H and O–H groups in total. The number of aryl methyl sites for hydroxylation is 1. The second-order valence-electron chi connectivity index (χ2n) is 6.27. The molecule has 0 heterocycles. The van der Waals surface area contributed by atoms with Crippen molar-refractivity contribution in [1.82, 2.24) is 10.6 Å². The van der Waals surface area contributed by atoms with E-state index in [1.54, 1.807) is 0 Å². The van der Waals surface area contributed by atoms with E-state index < -0.39 is 12.5 Å². The predicted molar refractivity (Wildman–Crippen MR) is 95.7 cm³/mol. The number of rotatable bonds is 6. The number of fused-ring (bicyclic) bond motifs is 1. The largest absolute Gasteiger partial charge is 0.434 e. The van der Waals surface area contributed by atoms with Gasteiger partial charge >= 0.3 is 6.61 Å². The maximum atomic E-state index is 12.4. The SMILES string of the molecule is O=C(CNC(=O)c1ccccc1OC(F)F)N[C@@H]1CCCc2ccccc21. The summed E-state index contributed by atoms with van der Waals surface area (Å²) in [4.78, 5) is 24.5. The predicted octanol–water partition coefficient (Wildman–Crippen LogP) is 3.21. The van der Waals surface area contributed by atoms with Crippen LogP contribution in [-0.4, -0.2) is 25.0 Å². The van der Waals surface area contributed by atoms with Gasteiger partial charge in [0.25, 0.3) is 5.91 Å². The maximum absolute atomic E-state index is 12.4. The molecule has 0 fully saturated rings. The van der Waals surface area contributed by atoms with Crippen LogP contribution in [0.25, 0.3) is 0 Å². The summed E-state index contributed by atoms with van der Waals surface area (Å²) >= 11 is 0. The lowest BCUT2D eigenvalue weighted by Crippen LogP contribution is -2.39. The molecule has 3 rings (SSSR count). The van der Waals surface area contributed by atoms with E-state index >= 15 is 0 Å². The minimum atomic E-state index is -3.03. The van der Waals surface area contributed by atoms with Crippen molar-refractivity contribution in [2.45, 2.75) is 31.9 Å². The van der Waals surface area contributed by atoms with Crippen molar-refractivity contribution in [1.29, 1.82) is 0 Å². The summed E-state index contributed by atoms with van der Waals surface area (Å²) in [5.41, 5.74) is 2.27. The minimum Gasteiger partial charge on any atom is -0.434 e. The van der Waals surface area contributed by atoms with Crippen molar-refractivity contribution in [3.8, 4) is 5.75 Å². The molecule has 0 saturated heterocycles. The number of carbonyl (C=O) groups excluding carboxylic acids is 2. The van der Waals surface area contributed by atoms with Crippen molar-refractivity contribution >= 4 is 11.8 Å². The van der Waals surface area contributed by atoms with Gasteiger partial charge in [0.2, 0.25) is 5.91 Å². The van der Waals surface area contributed by atoms with Gasteiger partial charge in [-0.3, -0.25) is 9.59 Å². The van der Waals surface area contributed by atoms with Crippen LogP contribution in [0.2, 0.25) is 0 Å². The van der Waals surface area contributed by atoms with Crippen molar-refractivity contribution in [2.24, 2.45) is 0 Å². The average Bonchev–Trinajstić information content (AvgIpc) is 2.66. The molecule has 2 aromatic rings. The fraction of sp³-hybridized carbons (Fsp3) is 0.300. The number of amides is 2. The van der Waals surface area contributed by atoms with E-state index in [0.29, 0.717) is 0 Å². The quantitative estimate of drug-likeness (QED) is 0.816. The molecule has 2 aromatic carbocycles. The molecule has 0 saturated carbocycles. The fourth-order valence-electron chi connectivity index (χ4n) is 3.26. The average molecular weight is 374 g/mol. The Hall–Kier alpha value is -2.96. The highest BCUT2D eigenvalue weighted by Crippen LogP contribution is 2.29. The summed E-state index contributed by atoms with van der Waals surface area (Å²) in [5.74, 6) is -1.21. The maximum Gasteiger partial charge on any atom is 0.387 e. The molecule has 1 aliphatic rings. The van der Waals surface area contributed by atoms with Gasteiger partial charge in [0.05, 0.1) is 18.2 Å². The number of carbonyl (C=O) groups is 2. The number of alkyl halides is 2. The second kappa shape index (κ2) is 8.62. The van der Waals surface area contributed by atoms with E-state index in [-0.39, 0.29) is 29.8 Å². The molecule has 1 atom stereocenters. The van der Waals surface area contributed by atoms with Crippen LogP contribution in [0.3, 0.4) is 0 Å². The van der Waals surface area contributed by atoms with Gasteiger partial charge in [0, 0.05) is 0 Å². The van der Waals surface area contributed by atoms with Crippen LogP contribution in [0.1, 0.15) is 40.4 Å². The van der Waals surface area contributed by atoms with Crippen molar-refractivity contribution in [3.05, 3.63) is 65.2 Å². The van der Waals surface area contributed by atoms with E-state index in [0.717, 1.165) is 24.8 Å². The van der Waals surface area contributed by atoms with Gasteiger partial charge in [0.15, 0.2) is 0 Å². The second-order valence-corrected chi connectivity index (χ2v) is 6.27. The van der Waals surface area contributed by atoms with Crippen LogP contribution >= 0.6 is 0 Å². The van der Waals surface area contributed by atoms with E-state index in [9.17, 15) is 18.4 Å². The van der Waals surface area contributed by atoms with Crippen molar-refractivity contribution < 1.29 is 23.1 Å². The third-order valence-electron chi connectivity index (χ3n) is 4.46. The molecule has 142 valence electrons. The third kappa shape index (κ3) is 4.81. The highest BCUT2D eigenvalue weighted by Gasteiger charge is 2.22. The number of hydrogen-bond donors (Lipinski definition) is 2. The molecule has 1 aliphatic carbocycles. The lowest BCUT2D eigenvalue weighted by Gasteiger charge is -2.26. The molecular formula is C20H20F2N2O3. The van der Waals surface area contributed by atoms with Gasteiger partial charge in [-0.1, -0.05) is 36.4 Å². The van der Waals surface area contributed by atoms with Crippen LogP contribution in [0.4, 0.5) is 8.78 Å². The lowest BCUT2D eigenvalue weighted by atomic mass is 9.88. The first-order valence-electron chi connectivity index (χ1n) is 8.74. The normalized spacial score (nSPS) is 15.7. The standard InChI is InChI=1S/C20H20F2N2O3/c21-20(22)27-17-11-4-3-9-15(17)19(26)23-12-18(25)24-16-10-5-7-13-6-1-2-8-14(13)16/h1-4,6,8-9,11,16,20H,5,7,10,12H2,(H,23,26)(H,24,25)/t16-/m1/s1. The van der Waals surface area contributed by atoms with Gasteiger partial charge < -0.3 is 15.4 Å². The summed E-state index contributed by atoms with van der Waals surface area (Å²) in [6, 6.07) is 13.5. The topological polar surface area (TPSA) is 67.4 Å². The van der Waals surface area contributed by atoms with E-state index in [1.807, 2.05) is 18.2 Å². The van der Waals surface area contributed by atoms with E-state index in [1.165, 1.54) is 29.8 Å². The number of halogens is 2. The molecule has 27 heavy (non-hydrogen) atoms. The Morgan fingerprint density at radius 3 is 2.67 bits per heavy atom. The minimum absolute atomic E-state index is 0.0476. The van der Waals surface area contributed by atoms with Crippen LogP contribution in [0.15, 0.2) is 48.5 Å². The molecule has 0 spiro atoms. The van der Waals surface area contributed by atoms with Gasteiger partial charge in [0.1, 0.15) is 5.75 Å². The first-order valence-corrected chi connectivity index (χ1v) is 8.74. The fourth-order valence-corrected chi connectivity index (χ4v) is 3.26. The van der Waals surface area contributed by atoms with Crippen LogP contribution < -0.4 is 15.4 Å². The number of benzene rings is 2. The highest BCUT2D eigenvalue weighted by molar-refractivity contribution is 5.98. The van der Waals surface area contributed by atoms with Crippen molar-refractivity contribution in [3.63, 3.8) is 0 Å². The number of nitrogens with one attached hydrogen (secondary N) is 2. The van der Waals surface area contributed by atoms with E-state index in [2.05, 4.69) is 21.4 Å². The number of ether oxygens (including phenoxy) is 1. The summed E-state index contributed by atoms with van der Waals surface area (Å²) in [5, 5.41) is 5.37. The van der Waals surface area contributed by atoms with E-state index in [4.69, 9.17) is 0 Å². The van der Waals surface area contributed by atoms with Crippen molar-refractivity contribution in [2.75, 3.05) is 6.54 Å². The molecule has 2 amide bonds. The van der Waals surface area contributed by atoms with Gasteiger partial charge in [-0.15, -0.1) is 0 Å². The highest BCUT2D eigenvalue weighted by atomic mass is 19.3. The third-order valence-corrected chi connectivity index (χ3v) is 4.46. The molecule has 0 bridgehead atoms. The number of para-hydroxylation sites is 1. The smallest absolute Gasteiger partial charge is 0.387 e. The molecule has 0 aliphatic heterocycles. The Bertz CT molecular complexity index is 826. The van der Waals surface area contributed by atoms with Gasteiger partial charge in [-0.25, -0.2) is 0 Å². The van der Waals surface area contributed by atoms with Crippen LogP contribution in [0, 0.1) is 0 Å². The Morgan fingerprint density at radius 1 is 1.11 bits per heavy atom. The van der Waals surface area contributed by atoms with Gasteiger partial charge in [-0.05, 0) is 42.5 Å². The Kier molecular flexibility index (Phi) is 6.01. The molecule has 0 aromatic heterocycles. The summed E-state index contributed by atoms with van der Waals surface area (Å²) < 4.78 is 29.2. The first-order chi connectivity index (χ1) is 13.0. The zero-order chi connectivity index (χ0) is 19.2. The summed E-state index contributed by atoms with van der Waals surface area (Å²) in [6.45, 7) is -3.28. The Labute approximate surface area is 155 Å². The summed E-state index contributed by atoms with van der Waals surface area (Å²) in [6.07, 6.45) is 2.80. The zero-order valence-electron chi connectivity index (χ0n) is 14.6. The zero-order valence-corrected chi connectivity index (χ0v) is 14.6. The van der Waals surface area contributed by atoms with Crippen LogP contribution in [0.5, 0.6) is 5.75 Å². The first kappa shape index (κ1) is 18.8. The molecule has 7 heteroatoms. The Balaban J connectivity index is 1.58. The molecular weight excluding hydrogens is 354 g/mol. The molecule has 0 unspecified atom stereocenters. The van der Waals surface area contributed by atoms with Gasteiger partial charge in [-0.2, -0.15) is 8.78 Å². The molecule has 5 nitrogen and oxygen atoms in total. The van der Waals surface area contributed by atoms with Crippen LogP contribution in [-0.2, 0) is 11.2 Å². The number of hydrogen-bond acceptors (Lipinski definition) is 3.